The number of hydrogen-bond acceptors (Lipinski definition) is 4. The summed E-state index contributed by atoms with van der Waals surface area (Å²) in [6.07, 6.45) is 4.39. The Morgan fingerprint density at radius 2 is 1.96 bits per heavy atom. The third kappa shape index (κ3) is 4.47. The predicted molar refractivity (Wildman–Crippen MR) is 97.0 cm³/mol. The van der Waals surface area contributed by atoms with Crippen LogP contribution in [0.1, 0.15) is 18.9 Å². The fraction of sp³-hybridized carbons (Fsp3) is 0.368. The first-order chi connectivity index (χ1) is 12.1. The minimum absolute atomic E-state index is 0.108. The van der Waals surface area contributed by atoms with Crippen LogP contribution in [0.25, 0.3) is 0 Å². The van der Waals surface area contributed by atoms with E-state index < -0.39 is 0 Å². The van der Waals surface area contributed by atoms with Crippen LogP contribution in [0.4, 0.5) is 15.8 Å². The van der Waals surface area contributed by atoms with Crippen molar-refractivity contribution in [3.05, 3.63) is 54.1 Å². The first-order valence-electron chi connectivity index (χ1n) is 8.56. The molecule has 1 aliphatic heterocycles. The minimum atomic E-state index is -0.263. The van der Waals surface area contributed by atoms with Crippen LogP contribution in [0.15, 0.2) is 42.7 Å². The molecule has 0 aliphatic carbocycles. The summed E-state index contributed by atoms with van der Waals surface area (Å²) in [6, 6.07) is 8.70. The van der Waals surface area contributed by atoms with E-state index in [2.05, 4.69) is 15.2 Å². The molecule has 0 atom stereocenters. The van der Waals surface area contributed by atoms with Crippen molar-refractivity contribution < 1.29 is 9.18 Å². The molecule has 0 bridgehead atoms. The molecule has 5 nitrogen and oxygen atoms in total. The van der Waals surface area contributed by atoms with Crippen molar-refractivity contribution in [3.63, 3.8) is 0 Å². The number of pyridine rings is 1. The summed E-state index contributed by atoms with van der Waals surface area (Å²) < 4.78 is 13.8. The highest BCUT2D eigenvalue weighted by molar-refractivity contribution is 5.74. The van der Waals surface area contributed by atoms with Crippen LogP contribution in [0, 0.1) is 5.82 Å². The molecule has 6 heteroatoms. The first kappa shape index (κ1) is 17.2. The Kier molecular flexibility index (Phi) is 5.48. The molecule has 1 fully saturated rings. The van der Waals surface area contributed by atoms with Gasteiger partial charge < -0.3 is 15.1 Å². The minimum Gasteiger partial charge on any atom is -0.379 e. The van der Waals surface area contributed by atoms with E-state index in [9.17, 15) is 9.18 Å². The second-order valence-electron chi connectivity index (χ2n) is 6.22. The first-order valence-corrected chi connectivity index (χ1v) is 8.56. The molecule has 1 aliphatic rings. The van der Waals surface area contributed by atoms with Crippen molar-refractivity contribution in [2.24, 2.45) is 0 Å². The average molecular weight is 342 g/mol. The number of nitrogens with one attached hydrogen (secondary N) is 1. The highest BCUT2D eigenvalue weighted by atomic mass is 19.1. The Labute approximate surface area is 147 Å². The van der Waals surface area contributed by atoms with Gasteiger partial charge in [-0.1, -0.05) is 0 Å². The van der Waals surface area contributed by atoms with Crippen LogP contribution in [0.5, 0.6) is 0 Å². The zero-order valence-electron chi connectivity index (χ0n) is 14.4. The van der Waals surface area contributed by atoms with Gasteiger partial charge in [0.1, 0.15) is 5.82 Å². The third-order valence-electron chi connectivity index (χ3n) is 4.47. The maximum atomic E-state index is 13.8. The molecule has 2 heterocycles. The summed E-state index contributed by atoms with van der Waals surface area (Å²) in [7, 11) is 0. The highest BCUT2D eigenvalue weighted by Crippen LogP contribution is 2.28. The lowest BCUT2D eigenvalue weighted by Crippen LogP contribution is -2.33. The van der Waals surface area contributed by atoms with Gasteiger partial charge in [-0.2, -0.15) is 0 Å². The SMILES string of the molecule is CC(=O)N1CCCN(c2ccc(F)cc2NCc2ccncc2)CC1. The average Bonchev–Trinajstić information content (AvgIpc) is 2.87. The number of benzene rings is 1. The smallest absolute Gasteiger partial charge is 0.219 e. The summed E-state index contributed by atoms with van der Waals surface area (Å²) in [5.74, 6) is -0.154. The molecule has 0 unspecified atom stereocenters. The second kappa shape index (κ2) is 7.96. The molecule has 1 aromatic heterocycles. The lowest BCUT2D eigenvalue weighted by Gasteiger charge is -2.26. The molecule has 1 aromatic carbocycles. The number of nitrogens with zero attached hydrogens (tertiary/aromatic N) is 3. The van der Waals surface area contributed by atoms with Crippen LogP contribution in [-0.4, -0.2) is 42.0 Å². The van der Waals surface area contributed by atoms with E-state index >= 15 is 0 Å². The summed E-state index contributed by atoms with van der Waals surface area (Å²) in [5, 5.41) is 3.33. The normalized spacial score (nSPS) is 15.0. The van der Waals surface area contributed by atoms with Gasteiger partial charge in [0, 0.05) is 52.0 Å². The largest absolute Gasteiger partial charge is 0.379 e. The van der Waals surface area contributed by atoms with Crippen molar-refractivity contribution >= 4 is 17.3 Å². The van der Waals surface area contributed by atoms with E-state index in [0.717, 1.165) is 43.0 Å². The van der Waals surface area contributed by atoms with Gasteiger partial charge in [0.15, 0.2) is 0 Å². The van der Waals surface area contributed by atoms with Crippen molar-refractivity contribution in [1.29, 1.82) is 0 Å². The number of hydrogen-bond donors (Lipinski definition) is 1. The number of rotatable bonds is 4. The van der Waals surface area contributed by atoms with Crippen LogP contribution in [0.3, 0.4) is 0 Å². The molecular weight excluding hydrogens is 319 g/mol. The molecule has 3 rings (SSSR count). The molecule has 1 amide bonds. The van der Waals surface area contributed by atoms with E-state index in [-0.39, 0.29) is 11.7 Å². The number of halogens is 1. The van der Waals surface area contributed by atoms with Gasteiger partial charge in [-0.3, -0.25) is 9.78 Å². The van der Waals surface area contributed by atoms with Crippen LogP contribution < -0.4 is 10.2 Å². The van der Waals surface area contributed by atoms with Crippen molar-refractivity contribution in [2.45, 2.75) is 19.9 Å². The Bertz CT molecular complexity index is 723. The van der Waals surface area contributed by atoms with E-state index in [1.807, 2.05) is 23.1 Å². The third-order valence-corrected chi connectivity index (χ3v) is 4.47. The van der Waals surface area contributed by atoms with Gasteiger partial charge in [-0.25, -0.2) is 4.39 Å². The van der Waals surface area contributed by atoms with Gasteiger partial charge in [0.2, 0.25) is 5.91 Å². The molecule has 132 valence electrons. The number of aromatic nitrogens is 1. The van der Waals surface area contributed by atoms with Gasteiger partial charge in [0.25, 0.3) is 0 Å². The Balaban J connectivity index is 1.75. The molecule has 0 radical (unpaired) electrons. The van der Waals surface area contributed by atoms with Crippen molar-refractivity contribution in [2.75, 3.05) is 36.4 Å². The van der Waals surface area contributed by atoms with E-state index in [1.54, 1.807) is 19.3 Å². The fourth-order valence-corrected chi connectivity index (χ4v) is 3.10. The van der Waals surface area contributed by atoms with Crippen molar-refractivity contribution in [3.8, 4) is 0 Å². The predicted octanol–water partition coefficient (Wildman–Crippen LogP) is 2.89. The summed E-state index contributed by atoms with van der Waals surface area (Å²) in [4.78, 5) is 19.7. The Hall–Kier alpha value is -2.63. The van der Waals surface area contributed by atoms with Crippen LogP contribution >= 0.6 is 0 Å². The maximum Gasteiger partial charge on any atom is 0.219 e. The summed E-state index contributed by atoms with van der Waals surface area (Å²) in [6.45, 7) is 5.26. The topological polar surface area (TPSA) is 48.5 Å². The number of amides is 1. The monoisotopic (exact) mass is 342 g/mol. The maximum absolute atomic E-state index is 13.8. The lowest BCUT2D eigenvalue weighted by atomic mass is 10.2. The number of carbonyl (C=O) groups is 1. The Morgan fingerprint density at radius 1 is 1.16 bits per heavy atom. The molecule has 25 heavy (non-hydrogen) atoms. The molecule has 1 saturated heterocycles. The zero-order valence-corrected chi connectivity index (χ0v) is 14.4. The zero-order chi connectivity index (χ0) is 17.6. The standard InChI is InChI=1S/C19H23FN4O/c1-15(25)23-9-2-10-24(12-11-23)19-4-3-17(20)13-18(19)22-14-16-5-7-21-8-6-16/h3-8,13,22H,2,9-12,14H2,1H3. The Morgan fingerprint density at radius 3 is 2.72 bits per heavy atom. The lowest BCUT2D eigenvalue weighted by molar-refractivity contribution is -0.128. The summed E-state index contributed by atoms with van der Waals surface area (Å²) >= 11 is 0. The quantitative estimate of drug-likeness (QED) is 0.928. The second-order valence-corrected chi connectivity index (χ2v) is 6.22. The molecule has 0 spiro atoms. The molecule has 2 aromatic rings. The molecular formula is C19H23FN4O. The van der Waals surface area contributed by atoms with Gasteiger partial charge in [-0.05, 0) is 42.3 Å². The van der Waals surface area contributed by atoms with Gasteiger partial charge in [0.05, 0.1) is 11.4 Å². The van der Waals surface area contributed by atoms with E-state index in [0.29, 0.717) is 13.1 Å². The number of carbonyl (C=O) groups excluding carboxylic acids is 1. The van der Waals surface area contributed by atoms with E-state index in [4.69, 9.17) is 0 Å². The highest BCUT2D eigenvalue weighted by Gasteiger charge is 2.19. The van der Waals surface area contributed by atoms with Gasteiger partial charge >= 0.3 is 0 Å². The van der Waals surface area contributed by atoms with Crippen molar-refractivity contribution in [1.82, 2.24) is 9.88 Å². The molecule has 1 N–H and O–H groups in total. The molecule has 0 saturated carbocycles. The van der Waals surface area contributed by atoms with Crippen LogP contribution in [-0.2, 0) is 11.3 Å². The van der Waals surface area contributed by atoms with Crippen LogP contribution in [0.2, 0.25) is 0 Å². The van der Waals surface area contributed by atoms with E-state index in [1.165, 1.54) is 12.1 Å². The fourth-order valence-electron chi connectivity index (χ4n) is 3.10. The summed E-state index contributed by atoms with van der Waals surface area (Å²) in [5.41, 5.74) is 2.83. The van der Waals surface area contributed by atoms with Gasteiger partial charge in [-0.15, -0.1) is 0 Å². The number of anilines is 2.